The number of anilines is 2. The first-order chi connectivity index (χ1) is 32.6. The van der Waals surface area contributed by atoms with Crippen LogP contribution in [0.2, 0.25) is 20.1 Å². The van der Waals surface area contributed by atoms with Gasteiger partial charge < -0.3 is 9.80 Å². The molecule has 0 spiro atoms. The highest BCUT2D eigenvalue weighted by molar-refractivity contribution is 6.35. The number of aromatic nitrogens is 8. The largest absolute Gasteiger partial charge is 0.355 e. The zero-order chi connectivity index (χ0) is 46.3. The molecule has 4 aliphatic rings. The second-order valence-electron chi connectivity index (χ2n) is 19.4. The summed E-state index contributed by atoms with van der Waals surface area (Å²) in [7, 11) is 0. The molecule has 6 aromatic rings. The van der Waals surface area contributed by atoms with E-state index in [1.165, 1.54) is 32.4 Å². The quantitative estimate of drug-likeness (QED) is 0.123. The van der Waals surface area contributed by atoms with Crippen molar-refractivity contribution in [3.63, 3.8) is 0 Å². The Morgan fingerprint density at radius 3 is 2.09 bits per heavy atom. The number of nitriles is 1. The van der Waals surface area contributed by atoms with Crippen LogP contribution in [0.5, 0.6) is 0 Å². The first kappa shape index (κ1) is 46.4. The number of piperidine rings is 4. The fourth-order valence-electron chi connectivity index (χ4n) is 11.8. The van der Waals surface area contributed by atoms with Gasteiger partial charge in [0.25, 0.3) is 0 Å². The summed E-state index contributed by atoms with van der Waals surface area (Å²) in [5, 5.41) is 22.4. The number of benzene rings is 2. The van der Waals surface area contributed by atoms with Gasteiger partial charge in [-0.3, -0.25) is 9.80 Å². The highest BCUT2D eigenvalue weighted by atomic mass is 35.5. The van der Waals surface area contributed by atoms with E-state index in [0.717, 1.165) is 112 Å². The zero-order valence-corrected chi connectivity index (χ0v) is 41.6. The normalized spacial score (nSPS) is 24.3. The SMILES string of the molecule is CCC1CN(c2cnc3c(C#N)nn(C(CC4CCCN(C5CCN(c6cnc7cnn(C(C)c8ccc(Cl)cc8Cl)c7n6)CC5C)C4)c4ccc(Cl)cc4Cl)c3n2)CCC1N1CCCCC1. The maximum Gasteiger partial charge on any atom is 0.190 e. The van der Waals surface area contributed by atoms with Crippen LogP contribution in [-0.4, -0.2) is 114 Å². The van der Waals surface area contributed by atoms with Crippen molar-refractivity contribution in [1.29, 1.82) is 5.26 Å². The molecule has 0 saturated carbocycles. The lowest BCUT2D eigenvalue weighted by molar-refractivity contribution is 0.0727. The van der Waals surface area contributed by atoms with Crippen molar-refractivity contribution in [2.75, 3.05) is 62.2 Å². The van der Waals surface area contributed by atoms with Gasteiger partial charge in [0.2, 0.25) is 0 Å². The van der Waals surface area contributed by atoms with Gasteiger partial charge in [-0.25, -0.2) is 29.3 Å². The van der Waals surface area contributed by atoms with Crippen molar-refractivity contribution in [3.8, 4) is 6.07 Å². The third-order valence-corrected chi connectivity index (χ3v) is 16.5. The van der Waals surface area contributed by atoms with Crippen LogP contribution in [0.25, 0.3) is 22.3 Å². The molecular formula is C50H59Cl4N13. The van der Waals surface area contributed by atoms with E-state index in [1.807, 2.05) is 52.1 Å². The summed E-state index contributed by atoms with van der Waals surface area (Å²) in [6.07, 6.45) is 15.6. The number of rotatable bonds is 11. The van der Waals surface area contributed by atoms with Crippen LogP contribution in [-0.2, 0) is 0 Å². The van der Waals surface area contributed by atoms with E-state index in [0.29, 0.717) is 61.1 Å². The van der Waals surface area contributed by atoms with Gasteiger partial charge in [0.15, 0.2) is 17.0 Å². The van der Waals surface area contributed by atoms with Gasteiger partial charge in [0, 0.05) is 64.9 Å². The van der Waals surface area contributed by atoms with Crippen LogP contribution in [0.15, 0.2) is 55.0 Å². The highest BCUT2D eigenvalue weighted by Crippen LogP contribution is 2.39. The monoisotopic (exact) mass is 981 g/mol. The first-order valence-corrected chi connectivity index (χ1v) is 25.8. The molecule has 4 aromatic heterocycles. The van der Waals surface area contributed by atoms with Crippen LogP contribution < -0.4 is 9.80 Å². The first-order valence-electron chi connectivity index (χ1n) is 24.3. The molecule has 352 valence electrons. The van der Waals surface area contributed by atoms with Crippen molar-refractivity contribution in [1.82, 2.24) is 49.3 Å². The fraction of sp³-hybridized carbons (Fsp3) is 0.540. The molecule has 7 unspecified atom stereocenters. The van der Waals surface area contributed by atoms with E-state index < -0.39 is 0 Å². The molecule has 13 nitrogen and oxygen atoms in total. The number of likely N-dealkylation sites (tertiary alicyclic amines) is 2. The molecule has 8 heterocycles. The fourth-order valence-corrected chi connectivity index (χ4v) is 12.9. The van der Waals surface area contributed by atoms with Gasteiger partial charge in [-0.2, -0.15) is 15.5 Å². The second kappa shape index (κ2) is 20.0. The molecule has 4 fully saturated rings. The lowest BCUT2D eigenvalue weighted by Crippen LogP contribution is -2.53. The molecule has 7 atom stereocenters. The molecule has 0 N–H and O–H groups in total. The number of nitrogens with zero attached hydrogens (tertiary/aromatic N) is 13. The molecule has 0 amide bonds. The highest BCUT2D eigenvalue weighted by Gasteiger charge is 2.37. The minimum absolute atomic E-state index is 0.157. The van der Waals surface area contributed by atoms with E-state index in [2.05, 4.69) is 51.5 Å². The Bertz CT molecular complexity index is 2760. The molecular weight excluding hydrogens is 924 g/mol. The lowest BCUT2D eigenvalue weighted by atomic mass is 9.85. The third kappa shape index (κ3) is 9.43. The lowest BCUT2D eigenvalue weighted by Gasteiger charge is -2.46. The van der Waals surface area contributed by atoms with Crippen molar-refractivity contribution < 1.29 is 0 Å². The van der Waals surface area contributed by atoms with Gasteiger partial charge in [0.1, 0.15) is 28.7 Å². The molecule has 10 rings (SSSR count). The van der Waals surface area contributed by atoms with Crippen LogP contribution in [0.4, 0.5) is 11.6 Å². The van der Waals surface area contributed by atoms with Gasteiger partial charge >= 0.3 is 0 Å². The molecule has 0 aliphatic carbocycles. The Morgan fingerprint density at radius 2 is 1.39 bits per heavy atom. The van der Waals surface area contributed by atoms with Crippen molar-refractivity contribution in [2.45, 2.75) is 103 Å². The average Bonchev–Trinajstić information content (AvgIpc) is 3.94. The van der Waals surface area contributed by atoms with Gasteiger partial charge in [0.05, 0.1) is 30.7 Å². The van der Waals surface area contributed by atoms with E-state index in [4.69, 9.17) is 71.4 Å². The maximum atomic E-state index is 10.4. The summed E-state index contributed by atoms with van der Waals surface area (Å²) >= 11 is 26.4. The predicted octanol–water partition coefficient (Wildman–Crippen LogP) is 10.8. The van der Waals surface area contributed by atoms with E-state index >= 15 is 0 Å². The van der Waals surface area contributed by atoms with Crippen molar-refractivity contribution in [2.24, 2.45) is 17.8 Å². The average molecular weight is 984 g/mol. The molecule has 0 radical (unpaired) electrons. The topological polar surface area (TPSA) is 124 Å². The smallest absolute Gasteiger partial charge is 0.190 e. The van der Waals surface area contributed by atoms with Gasteiger partial charge in [-0.1, -0.05) is 85.2 Å². The Balaban J connectivity index is 0.873. The van der Waals surface area contributed by atoms with Crippen LogP contribution in [0.3, 0.4) is 0 Å². The third-order valence-electron chi connectivity index (χ3n) is 15.3. The van der Waals surface area contributed by atoms with E-state index in [9.17, 15) is 5.26 Å². The zero-order valence-electron chi connectivity index (χ0n) is 38.6. The number of fused-ring (bicyclic) bond motifs is 2. The number of hydrogen-bond donors (Lipinski definition) is 0. The Morgan fingerprint density at radius 1 is 0.716 bits per heavy atom. The Hall–Kier alpha value is -4.29. The summed E-state index contributed by atoms with van der Waals surface area (Å²) in [4.78, 5) is 30.4. The van der Waals surface area contributed by atoms with Crippen LogP contribution in [0, 0.1) is 29.1 Å². The van der Waals surface area contributed by atoms with Crippen LogP contribution >= 0.6 is 46.4 Å². The Labute approximate surface area is 413 Å². The minimum Gasteiger partial charge on any atom is -0.355 e. The summed E-state index contributed by atoms with van der Waals surface area (Å²) < 4.78 is 3.85. The van der Waals surface area contributed by atoms with Crippen LogP contribution in [0.1, 0.15) is 107 Å². The predicted molar refractivity (Wildman–Crippen MR) is 269 cm³/mol. The van der Waals surface area contributed by atoms with Gasteiger partial charge in [-0.05, 0) is 125 Å². The summed E-state index contributed by atoms with van der Waals surface area (Å²) in [5.74, 6) is 2.99. The Kier molecular flexibility index (Phi) is 13.8. The molecule has 4 saturated heterocycles. The summed E-state index contributed by atoms with van der Waals surface area (Å²) in [6.45, 7) is 14.8. The number of halogens is 4. The van der Waals surface area contributed by atoms with Crippen molar-refractivity contribution in [3.05, 3.63) is 91.9 Å². The second-order valence-corrected chi connectivity index (χ2v) is 21.1. The molecule has 17 heteroatoms. The van der Waals surface area contributed by atoms with Gasteiger partial charge in [-0.15, -0.1) is 0 Å². The standard InChI is InChI=1S/C50H59Cl4N13/c1-4-34-30-65(20-15-44(34)62-16-6-5-7-17-62)47-27-57-48-41(24-55)61-67(50(48)60-47)45(38-13-11-36(52)23-40(38)54)21-33-9-8-18-63(29-33)43-14-19-64(28-31(43)2)46-26-56-42-25-58-66(49(42)59-46)32(3)37-12-10-35(51)22-39(37)53/h10-13,22-23,25-27,31-34,43-45H,4-9,14-21,28-30H2,1-3H3. The summed E-state index contributed by atoms with van der Waals surface area (Å²) in [6, 6.07) is 14.2. The minimum atomic E-state index is -0.281. The van der Waals surface area contributed by atoms with E-state index in [1.54, 1.807) is 12.3 Å². The van der Waals surface area contributed by atoms with Crippen molar-refractivity contribution >= 4 is 80.4 Å². The maximum absolute atomic E-state index is 10.4. The summed E-state index contributed by atoms with van der Waals surface area (Å²) in [5.41, 5.74) is 4.74. The molecule has 67 heavy (non-hydrogen) atoms. The molecule has 4 aliphatic heterocycles. The van der Waals surface area contributed by atoms with E-state index in [-0.39, 0.29) is 17.8 Å². The number of hydrogen-bond acceptors (Lipinski definition) is 11. The molecule has 2 aromatic carbocycles. The molecule has 0 bridgehead atoms.